The normalized spacial score (nSPS) is 12.1. The van der Waals surface area contributed by atoms with Gasteiger partial charge in [0.05, 0.1) is 0 Å². The number of halogens is 1. The Balaban J connectivity index is 2.07. The Morgan fingerprint density at radius 3 is 1.96 bits per heavy atom. The maximum Gasteiger partial charge on any atom is 0.251 e. The highest BCUT2D eigenvalue weighted by Crippen LogP contribution is 2.18. The summed E-state index contributed by atoms with van der Waals surface area (Å²) in [5.74, 6) is -0.793. The second-order valence-electron chi connectivity index (χ2n) is 6.97. The molecule has 1 atom stereocenters. The minimum absolute atomic E-state index is 0.102. The van der Waals surface area contributed by atoms with Gasteiger partial charge in [-0.1, -0.05) is 39.8 Å². The fraction of sp³-hybridized carbons (Fsp3) is 0.333. The van der Waals surface area contributed by atoms with E-state index in [2.05, 4.69) is 24.5 Å². The Labute approximate surface area is 153 Å². The summed E-state index contributed by atoms with van der Waals surface area (Å²) in [6, 6.07) is 12.2. The smallest absolute Gasteiger partial charge is 0.251 e. The first-order valence-corrected chi connectivity index (χ1v) is 8.75. The van der Waals surface area contributed by atoms with E-state index in [4.69, 9.17) is 0 Å². The number of nitrogens with one attached hydrogen (secondary N) is 2. The monoisotopic (exact) mass is 356 g/mol. The minimum atomic E-state index is -0.697. The summed E-state index contributed by atoms with van der Waals surface area (Å²) in [6.07, 6.45) is 0. The molecule has 0 aliphatic heterocycles. The molecule has 2 amide bonds. The maximum atomic E-state index is 13.0. The first-order valence-electron chi connectivity index (χ1n) is 8.75. The molecule has 1 unspecified atom stereocenters. The molecule has 4 nitrogen and oxygen atoms in total. The van der Waals surface area contributed by atoms with Crippen LogP contribution in [0.2, 0.25) is 0 Å². The van der Waals surface area contributed by atoms with Crippen LogP contribution in [0.15, 0.2) is 48.5 Å². The third kappa shape index (κ3) is 5.15. The van der Waals surface area contributed by atoms with Crippen LogP contribution >= 0.6 is 0 Å². The van der Waals surface area contributed by atoms with Gasteiger partial charge in [0, 0.05) is 11.3 Å². The summed E-state index contributed by atoms with van der Waals surface area (Å²) in [5.41, 5.74) is 2.18. The fourth-order valence-corrected chi connectivity index (χ4v) is 2.53. The Morgan fingerprint density at radius 2 is 1.46 bits per heavy atom. The molecule has 0 heterocycles. The summed E-state index contributed by atoms with van der Waals surface area (Å²) in [5, 5.41) is 5.57. The van der Waals surface area contributed by atoms with Crippen molar-refractivity contribution in [2.24, 2.45) is 5.92 Å². The van der Waals surface area contributed by atoms with Crippen molar-refractivity contribution in [3.05, 3.63) is 65.5 Å². The Kier molecular flexibility index (Phi) is 6.50. The lowest BCUT2D eigenvalue weighted by Gasteiger charge is -2.22. The average Bonchev–Trinajstić information content (AvgIpc) is 2.60. The van der Waals surface area contributed by atoms with Crippen LogP contribution in [0.25, 0.3) is 0 Å². The number of carbonyl (C=O) groups is 2. The summed E-state index contributed by atoms with van der Waals surface area (Å²) >= 11 is 0. The average molecular weight is 356 g/mol. The number of anilines is 1. The quantitative estimate of drug-likeness (QED) is 0.809. The number of benzene rings is 2. The molecule has 0 radical (unpaired) electrons. The van der Waals surface area contributed by atoms with Gasteiger partial charge >= 0.3 is 0 Å². The lowest BCUT2D eigenvalue weighted by Crippen LogP contribution is -2.47. The van der Waals surface area contributed by atoms with E-state index in [9.17, 15) is 14.0 Å². The molecule has 2 rings (SSSR count). The van der Waals surface area contributed by atoms with Gasteiger partial charge in [0.2, 0.25) is 5.91 Å². The van der Waals surface area contributed by atoms with Crippen molar-refractivity contribution in [1.29, 1.82) is 0 Å². The Hall–Kier alpha value is -2.69. The van der Waals surface area contributed by atoms with Gasteiger partial charge < -0.3 is 10.6 Å². The van der Waals surface area contributed by atoms with Crippen molar-refractivity contribution in [2.45, 2.75) is 39.7 Å². The molecule has 0 aliphatic rings. The zero-order valence-electron chi connectivity index (χ0n) is 15.5. The van der Waals surface area contributed by atoms with Crippen molar-refractivity contribution in [2.75, 3.05) is 5.32 Å². The first kappa shape index (κ1) is 19.6. The molecule has 138 valence electrons. The number of amides is 2. The molecular formula is C21H25FN2O2. The van der Waals surface area contributed by atoms with Crippen molar-refractivity contribution in [3.63, 3.8) is 0 Å². The molecule has 0 aliphatic carbocycles. The van der Waals surface area contributed by atoms with Crippen molar-refractivity contribution in [3.8, 4) is 0 Å². The van der Waals surface area contributed by atoms with Gasteiger partial charge in [-0.3, -0.25) is 9.59 Å². The predicted octanol–water partition coefficient (Wildman–Crippen LogP) is 4.34. The molecular weight excluding hydrogens is 331 g/mol. The van der Waals surface area contributed by atoms with Gasteiger partial charge in [0.25, 0.3) is 5.91 Å². The van der Waals surface area contributed by atoms with Crippen molar-refractivity contribution >= 4 is 17.5 Å². The topological polar surface area (TPSA) is 58.2 Å². The molecule has 0 saturated carbocycles. The highest BCUT2D eigenvalue weighted by molar-refractivity contribution is 6.01. The van der Waals surface area contributed by atoms with Crippen molar-refractivity contribution in [1.82, 2.24) is 5.32 Å². The van der Waals surface area contributed by atoms with Crippen LogP contribution in [0.4, 0.5) is 10.1 Å². The van der Waals surface area contributed by atoms with Gasteiger partial charge in [0.15, 0.2) is 0 Å². The van der Waals surface area contributed by atoms with E-state index in [1.807, 2.05) is 38.1 Å². The predicted molar refractivity (Wildman–Crippen MR) is 102 cm³/mol. The first-order chi connectivity index (χ1) is 12.3. The van der Waals surface area contributed by atoms with Crippen LogP contribution in [0.3, 0.4) is 0 Å². The lowest BCUT2D eigenvalue weighted by molar-refractivity contribution is -0.118. The number of carbonyl (C=O) groups excluding carboxylic acids is 2. The summed E-state index contributed by atoms with van der Waals surface area (Å²) < 4.78 is 13.0. The highest BCUT2D eigenvalue weighted by Gasteiger charge is 2.24. The van der Waals surface area contributed by atoms with Crippen LogP contribution < -0.4 is 10.6 Å². The van der Waals surface area contributed by atoms with E-state index in [0.29, 0.717) is 17.2 Å². The second kappa shape index (κ2) is 8.61. The zero-order valence-corrected chi connectivity index (χ0v) is 15.5. The van der Waals surface area contributed by atoms with Gasteiger partial charge in [-0.2, -0.15) is 0 Å². The van der Waals surface area contributed by atoms with E-state index in [0.717, 1.165) is 0 Å². The SMILES string of the molecule is CC(C)c1ccc(NC(=O)C(NC(=O)c2ccc(F)cc2)C(C)C)cc1. The van der Waals surface area contributed by atoms with Gasteiger partial charge in [-0.25, -0.2) is 4.39 Å². The van der Waals surface area contributed by atoms with E-state index in [1.54, 1.807) is 0 Å². The molecule has 0 spiro atoms. The van der Waals surface area contributed by atoms with Crippen LogP contribution in [0.1, 0.15) is 49.5 Å². The van der Waals surface area contributed by atoms with Crippen molar-refractivity contribution < 1.29 is 14.0 Å². The molecule has 26 heavy (non-hydrogen) atoms. The minimum Gasteiger partial charge on any atom is -0.340 e. The molecule has 2 N–H and O–H groups in total. The van der Waals surface area contributed by atoms with Crippen LogP contribution in [-0.2, 0) is 4.79 Å². The van der Waals surface area contributed by atoms with E-state index >= 15 is 0 Å². The third-order valence-electron chi connectivity index (χ3n) is 4.19. The van der Waals surface area contributed by atoms with Crippen LogP contribution in [0, 0.1) is 11.7 Å². The Bertz CT molecular complexity index is 753. The van der Waals surface area contributed by atoms with Gasteiger partial charge in [-0.15, -0.1) is 0 Å². The third-order valence-corrected chi connectivity index (χ3v) is 4.19. The number of hydrogen-bond acceptors (Lipinski definition) is 2. The molecule has 0 fully saturated rings. The van der Waals surface area contributed by atoms with Crippen LogP contribution in [0.5, 0.6) is 0 Å². The zero-order chi connectivity index (χ0) is 19.3. The van der Waals surface area contributed by atoms with E-state index in [1.165, 1.54) is 29.8 Å². The Morgan fingerprint density at radius 1 is 0.885 bits per heavy atom. The van der Waals surface area contributed by atoms with E-state index in [-0.39, 0.29) is 11.8 Å². The summed E-state index contributed by atoms with van der Waals surface area (Å²) in [4.78, 5) is 24.9. The second-order valence-corrected chi connectivity index (χ2v) is 6.97. The maximum absolute atomic E-state index is 13.0. The molecule has 0 saturated heterocycles. The molecule has 0 aromatic heterocycles. The van der Waals surface area contributed by atoms with Gasteiger partial charge in [-0.05, 0) is 53.8 Å². The number of hydrogen-bond donors (Lipinski definition) is 2. The molecule has 5 heteroatoms. The molecule has 2 aromatic rings. The highest BCUT2D eigenvalue weighted by atomic mass is 19.1. The molecule has 2 aromatic carbocycles. The van der Waals surface area contributed by atoms with E-state index < -0.39 is 17.8 Å². The lowest BCUT2D eigenvalue weighted by atomic mass is 10.0. The number of rotatable bonds is 6. The molecule has 0 bridgehead atoms. The summed E-state index contributed by atoms with van der Waals surface area (Å²) in [7, 11) is 0. The van der Waals surface area contributed by atoms with Gasteiger partial charge in [0.1, 0.15) is 11.9 Å². The summed E-state index contributed by atoms with van der Waals surface area (Å²) in [6.45, 7) is 7.93. The standard InChI is InChI=1S/C21H25FN2O2/c1-13(2)15-7-11-18(12-8-15)23-21(26)19(14(3)4)24-20(25)16-5-9-17(22)10-6-16/h5-14,19H,1-4H3,(H,23,26)(H,24,25). The fourth-order valence-electron chi connectivity index (χ4n) is 2.53. The van der Waals surface area contributed by atoms with Crippen LogP contribution in [-0.4, -0.2) is 17.9 Å². The largest absolute Gasteiger partial charge is 0.340 e.